The van der Waals surface area contributed by atoms with Gasteiger partial charge in [0.2, 0.25) is 5.91 Å². The molecule has 1 aromatic carbocycles. The SMILES string of the molecule is O=C(CSc1ccccn1)N/N=C\c1cccc(Cl)c1. The van der Waals surface area contributed by atoms with Crippen LogP contribution in [0.25, 0.3) is 0 Å². The number of amides is 1. The molecular formula is C14H12ClN3OS. The predicted molar refractivity (Wildman–Crippen MR) is 82.1 cm³/mol. The van der Waals surface area contributed by atoms with E-state index < -0.39 is 0 Å². The largest absolute Gasteiger partial charge is 0.272 e. The molecule has 0 aliphatic rings. The van der Waals surface area contributed by atoms with Crippen LogP contribution in [0.4, 0.5) is 0 Å². The van der Waals surface area contributed by atoms with Gasteiger partial charge in [-0.25, -0.2) is 10.4 Å². The normalized spacial score (nSPS) is 10.7. The van der Waals surface area contributed by atoms with Gasteiger partial charge in [-0.15, -0.1) is 0 Å². The number of carbonyl (C=O) groups is 1. The van der Waals surface area contributed by atoms with Gasteiger partial charge in [-0.05, 0) is 29.8 Å². The molecule has 0 aliphatic carbocycles. The van der Waals surface area contributed by atoms with Gasteiger partial charge in [0, 0.05) is 11.2 Å². The van der Waals surface area contributed by atoms with Crippen LogP contribution in [0, 0.1) is 0 Å². The van der Waals surface area contributed by atoms with E-state index in [9.17, 15) is 4.79 Å². The maximum absolute atomic E-state index is 11.6. The van der Waals surface area contributed by atoms with Crippen LogP contribution in [0.5, 0.6) is 0 Å². The molecule has 6 heteroatoms. The number of aromatic nitrogens is 1. The zero-order chi connectivity index (χ0) is 14.2. The Morgan fingerprint density at radius 2 is 2.25 bits per heavy atom. The molecule has 1 aromatic heterocycles. The summed E-state index contributed by atoms with van der Waals surface area (Å²) in [6.07, 6.45) is 3.24. The molecule has 1 heterocycles. The average Bonchev–Trinajstić information content (AvgIpc) is 2.46. The summed E-state index contributed by atoms with van der Waals surface area (Å²) in [5.41, 5.74) is 3.29. The van der Waals surface area contributed by atoms with E-state index in [-0.39, 0.29) is 11.7 Å². The Labute approximate surface area is 126 Å². The highest BCUT2D eigenvalue weighted by Crippen LogP contribution is 2.13. The van der Waals surface area contributed by atoms with E-state index in [0.29, 0.717) is 5.02 Å². The summed E-state index contributed by atoms with van der Waals surface area (Å²) in [4.78, 5) is 15.7. The molecule has 102 valence electrons. The summed E-state index contributed by atoms with van der Waals surface area (Å²) >= 11 is 7.20. The number of hydrazone groups is 1. The van der Waals surface area contributed by atoms with Crippen LogP contribution < -0.4 is 5.43 Å². The number of hydrogen-bond acceptors (Lipinski definition) is 4. The summed E-state index contributed by atoms with van der Waals surface area (Å²) in [7, 11) is 0. The Morgan fingerprint density at radius 1 is 1.35 bits per heavy atom. The van der Waals surface area contributed by atoms with Gasteiger partial charge in [-0.1, -0.05) is 41.6 Å². The lowest BCUT2D eigenvalue weighted by atomic mass is 10.2. The first-order chi connectivity index (χ1) is 9.74. The van der Waals surface area contributed by atoms with Crippen LogP contribution in [0.1, 0.15) is 5.56 Å². The van der Waals surface area contributed by atoms with E-state index >= 15 is 0 Å². The fourth-order valence-corrected chi connectivity index (χ4v) is 2.22. The number of carbonyl (C=O) groups excluding carboxylic acids is 1. The molecule has 0 atom stereocenters. The van der Waals surface area contributed by atoms with Crippen LogP contribution in [0.15, 0.2) is 58.8 Å². The first-order valence-corrected chi connectivity index (χ1v) is 7.22. The lowest BCUT2D eigenvalue weighted by Gasteiger charge is -1.99. The molecule has 20 heavy (non-hydrogen) atoms. The standard InChI is InChI=1S/C14H12ClN3OS/c15-12-5-3-4-11(8-12)9-17-18-13(19)10-20-14-6-1-2-7-16-14/h1-9H,10H2,(H,18,19)/b17-9-. The van der Waals surface area contributed by atoms with E-state index in [1.54, 1.807) is 24.5 Å². The highest BCUT2D eigenvalue weighted by molar-refractivity contribution is 7.99. The van der Waals surface area contributed by atoms with E-state index in [0.717, 1.165) is 10.6 Å². The fourth-order valence-electron chi connectivity index (χ4n) is 1.37. The van der Waals surface area contributed by atoms with Crippen molar-refractivity contribution in [1.82, 2.24) is 10.4 Å². The molecule has 0 aliphatic heterocycles. The van der Waals surface area contributed by atoms with Crippen molar-refractivity contribution in [3.63, 3.8) is 0 Å². The third-order valence-corrected chi connectivity index (χ3v) is 3.42. The molecule has 0 bridgehead atoms. The van der Waals surface area contributed by atoms with Crippen LogP contribution in [0.3, 0.4) is 0 Å². The molecule has 0 saturated heterocycles. The maximum Gasteiger partial charge on any atom is 0.250 e. The Hall–Kier alpha value is -1.85. The third-order valence-electron chi connectivity index (χ3n) is 2.24. The number of thioether (sulfide) groups is 1. The summed E-state index contributed by atoms with van der Waals surface area (Å²) in [6.45, 7) is 0. The van der Waals surface area contributed by atoms with Crippen molar-refractivity contribution in [2.45, 2.75) is 5.03 Å². The topological polar surface area (TPSA) is 54.4 Å². The molecule has 2 aromatic rings. The Balaban J connectivity index is 1.78. The van der Waals surface area contributed by atoms with Gasteiger partial charge in [0.25, 0.3) is 0 Å². The number of hydrogen-bond donors (Lipinski definition) is 1. The lowest BCUT2D eigenvalue weighted by Crippen LogP contribution is -2.19. The molecule has 0 spiro atoms. The number of pyridine rings is 1. The predicted octanol–water partition coefficient (Wildman–Crippen LogP) is 2.98. The molecule has 1 N–H and O–H groups in total. The fraction of sp³-hybridized carbons (Fsp3) is 0.0714. The number of nitrogens with zero attached hydrogens (tertiary/aromatic N) is 2. The van der Waals surface area contributed by atoms with E-state index in [1.807, 2.05) is 30.3 Å². The molecule has 0 fully saturated rings. The van der Waals surface area contributed by atoms with Gasteiger partial charge in [0.1, 0.15) is 0 Å². The second-order valence-electron chi connectivity index (χ2n) is 3.80. The monoisotopic (exact) mass is 305 g/mol. The molecule has 0 unspecified atom stereocenters. The number of nitrogens with one attached hydrogen (secondary N) is 1. The molecular weight excluding hydrogens is 294 g/mol. The van der Waals surface area contributed by atoms with Crippen molar-refractivity contribution < 1.29 is 4.79 Å². The zero-order valence-corrected chi connectivity index (χ0v) is 12.1. The van der Waals surface area contributed by atoms with E-state index in [1.165, 1.54) is 11.8 Å². The average molecular weight is 306 g/mol. The van der Waals surface area contributed by atoms with E-state index in [2.05, 4.69) is 15.5 Å². The molecule has 0 radical (unpaired) electrons. The maximum atomic E-state index is 11.6. The van der Waals surface area contributed by atoms with Crippen LogP contribution in [0.2, 0.25) is 5.02 Å². The highest BCUT2D eigenvalue weighted by Gasteiger charge is 2.01. The van der Waals surface area contributed by atoms with Crippen molar-refractivity contribution in [3.8, 4) is 0 Å². The lowest BCUT2D eigenvalue weighted by molar-refractivity contribution is -0.118. The summed E-state index contributed by atoms with van der Waals surface area (Å²) in [5, 5.41) is 5.32. The number of rotatable bonds is 5. The number of benzene rings is 1. The first kappa shape index (κ1) is 14.6. The highest BCUT2D eigenvalue weighted by atomic mass is 35.5. The third kappa shape index (κ3) is 5.03. The minimum absolute atomic E-state index is 0.182. The molecule has 2 rings (SSSR count). The summed E-state index contributed by atoms with van der Waals surface area (Å²) in [6, 6.07) is 12.8. The smallest absolute Gasteiger partial charge is 0.250 e. The summed E-state index contributed by atoms with van der Waals surface area (Å²) in [5.74, 6) is 0.0862. The van der Waals surface area contributed by atoms with E-state index in [4.69, 9.17) is 11.6 Å². The zero-order valence-electron chi connectivity index (χ0n) is 10.5. The molecule has 4 nitrogen and oxygen atoms in total. The van der Waals surface area contributed by atoms with Crippen molar-refractivity contribution in [2.24, 2.45) is 5.10 Å². The van der Waals surface area contributed by atoms with Crippen molar-refractivity contribution in [1.29, 1.82) is 0 Å². The van der Waals surface area contributed by atoms with Gasteiger partial charge < -0.3 is 0 Å². The second kappa shape index (κ2) is 7.67. The second-order valence-corrected chi connectivity index (χ2v) is 5.24. The molecule has 0 saturated carbocycles. The van der Waals surface area contributed by atoms with Gasteiger partial charge in [0.15, 0.2) is 0 Å². The van der Waals surface area contributed by atoms with Crippen molar-refractivity contribution >= 4 is 35.5 Å². The van der Waals surface area contributed by atoms with Crippen LogP contribution >= 0.6 is 23.4 Å². The van der Waals surface area contributed by atoms with Gasteiger partial charge in [0.05, 0.1) is 17.0 Å². The van der Waals surface area contributed by atoms with Gasteiger partial charge >= 0.3 is 0 Å². The van der Waals surface area contributed by atoms with Crippen LogP contribution in [-0.4, -0.2) is 22.9 Å². The van der Waals surface area contributed by atoms with Crippen molar-refractivity contribution in [3.05, 3.63) is 59.2 Å². The number of halogens is 1. The Bertz CT molecular complexity index is 604. The van der Waals surface area contributed by atoms with Gasteiger partial charge in [-0.2, -0.15) is 5.10 Å². The van der Waals surface area contributed by atoms with Crippen molar-refractivity contribution in [2.75, 3.05) is 5.75 Å². The minimum Gasteiger partial charge on any atom is -0.272 e. The van der Waals surface area contributed by atoms with Gasteiger partial charge in [-0.3, -0.25) is 4.79 Å². The quantitative estimate of drug-likeness (QED) is 0.525. The summed E-state index contributed by atoms with van der Waals surface area (Å²) < 4.78 is 0. The molecule has 1 amide bonds. The van der Waals surface area contributed by atoms with Crippen LogP contribution in [-0.2, 0) is 4.79 Å². The minimum atomic E-state index is -0.182. The first-order valence-electron chi connectivity index (χ1n) is 5.85. The Kier molecular flexibility index (Phi) is 5.58. The Morgan fingerprint density at radius 3 is 3.00 bits per heavy atom.